The first-order valence-electron chi connectivity index (χ1n) is 3.81. The molecule has 0 unspecified atom stereocenters. The van der Waals surface area contributed by atoms with E-state index in [1.165, 1.54) is 18.4 Å². The van der Waals surface area contributed by atoms with Gasteiger partial charge in [-0.15, -0.1) is 11.8 Å². The Morgan fingerprint density at radius 1 is 1.64 bits per heavy atom. The molecule has 0 aromatic heterocycles. The molecule has 0 aliphatic heterocycles. The van der Waals surface area contributed by atoms with Crippen LogP contribution in [0.3, 0.4) is 0 Å². The van der Waals surface area contributed by atoms with E-state index in [0.717, 1.165) is 5.75 Å². The Bertz CT molecular complexity index is 192. The number of allylic oxidation sites excluding steroid dienone is 3. The highest BCUT2D eigenvalue weighted by Gasteiger charge is 1.95. The van der Waals surface area contributed by atoms with Crippen LogP contribution in [0.15, 0.2) is 28.8 Å². The van der Waals surface area contributed by atoms with Gasteiger partial charge >= 0.3 is 0 Å². The highest BCUT2D eigenvalue weighted by atomic mass is 32.2. The Hall–Kier alpha value is -0.500. The molecule has 0 spiro atoms. The lowest BCUT2D eigenvalue weighted by atomic mass is 10.1. The van der Waals surface area contributed by atoms with Crippen LogP contribution < -0.4 is 0 Å². The fourth-order valence-corrected chi connectivity index (χ4v) is 1.61. The molecule has 0 fully saturated rings. The lowest BCUT2D eigenvalue weighted by molar-refractivity contribution is 1.02. The van der Waals surface area contributed by atoms with Crippen molar-refractivity contribution >= 4 is 17.3 Å². The summed E-state index contributed by atoms with van der Waals surface area (Å²) in [4.78, 5) is 3.91. The molecule has 0 bridgehead atoms. The summed E-state index contributed by atoms with van der Waals surface area (Å²) in [5.74, 6) is 1.06. The molecule has 0 N–H and O–H groups in total. The van der Waals surface area contributed by atoms with Gasteiger partial charge in [-0.25, -0.2) is 0 Å². The van der Waals surface area contributed by atoms with E-state index in [2.05, 4.69) is 23.2 Å². The average molecular weight is 167 g/mol. The number of hydrogen-bond acceptors (Lipinski definition) is 2. The Morgan fingerprint density at radius 2 is 2.55 bits per heavy atom. The SMILES string of the molecule is CN=CSCC1=CCCC=C1. The van der Waals surface area contributed by atoms with Gasteiger partial charge in [0.1, 0.15) is 0 Å². The van der Waals surface area contributed by atoms with Gasteiger partial charge in [-0.05, 0) is 18.4 Å². The number of rotatable bonds is 3. The van der Waals surface area contributed by atoms with Crippen LogP contribution in [0.2, 0.25) is 0 Å². The zero-order valence-corrected chi connectivity index (χ0v) is 7.60. The van der Waals surface area contributed by atoms with Crippen LogP contribution in [0.5, 0.6) is 0 Å². The molecule has 1 rings (SSSR count). The third-order valence-corrected chi connectivity index (χ3v) is 2.36. The largest absolute Gasteiger partial charge is 0.290 e. The summed E-state index contributed by atoms with van der Waals surface area (Å²) in [6.45, 7) is 0. The van der Waals surface area contributed by atoms with Crippen molar-refractivity contribution in [3.05, 3.63) is 23.8 Å². The van der Waals surface area contributed by atoms with E-state index in [9.17, 15) is 0 Å². The minimum atomic E-state index is 1.06. The van der Waals surface area contributed by atoms with Crippen LogP contribution in [0.4, 0.5) is 0 Å². The van der Waals surface area contributed by atoms with Crippen molar-refractivity contribution in [1.82, 2.24) is 0 Å². The number of hydrogen-bond donors (Lipinski definition) is 0. The third-order valence-electron chi connectivity index (χ3n) is 1.50. The smallest absolute Gasteiger partial charge is 0.0540 e. The standard InChI is InChI=1S/C9H13NS/c1-10-8-11-7-9-5-3-2-4-6-9/h3,5-6,8H,2,4,7H2,1H3. The molecule has 11 heavy (non-hydrogen) atoms. The second kappa shape index (κ2) is 5.19. The molecular weight excluding hydrogens is 154 g/mol. The van der Waals surface area contributed by atoms with E-state index < -0.39 is 0 Å². The van der Waals surface area contributed by atoms with Crippen LogP contribution in [0, 0.1) is 0 Å². The Kier molecular flexibility index (Phi) is 4.06. The average Bonchev–Trinajstić information content (AvgIpc) is 2.07. The molecule has 1 nitrogen and oxygen atoms in total. The summed E-state index contributed by atoms with van der Waals surface area (Å²) in [7, 11) is 1.80. The van der Waals surface area contributed by atoms with Crippen molar-refractivity contribution in [2.45, 2.75) is 12.8 Å². The molecule has 0 heterocycles. The second-order valence-electron chi connectivity index (χ2n) is 2.43. The summed E-state index contributed by atoms with van der Waals surface area (Å²) in [5, 5.41) is 0. The van der Waals surface area contributed by atoms with Crippen molar-refractivity contribution in [1.29, 1.82) is 0 Å². The lowest BCUT2D eigenvalue weighted by Gasteiger charge is -2.03. The number of thioether (sulfide) groups is 1. The number of nitrogens with zero attached hydrogens (tertiary/aromatic N) is 1. The molecule has 0 amide bonds. The van der Waals surface area contributed by atoms with Gasteiger partial charge in [-0.2, -0.15) is 0 Å². The van der Waals surface area contributed by atoms with Crippen LogP contribution in [-0.4, -0.2) is 18.3 Å². The first-order chi connectivity index (χ1) is 5.43. The highest BCUT2D eigenvalue weighted by molar-refractivity contribution is 8.12. The maximum Gasteiger partial charge on any atom is 0.0540 e. The highest BCUT2D eigenvalue weighted by Crippen LogP contribution is 2.13. The molecule has 1 aliphatic carbocycles. The van der Waals surface area contributed by atoms with Crippen molar-refractivity contribution in [2.75, 3.05) is 12.8 Å². The van der Waals surface area contributed by atoms with E-state index in [1.54, 1.807) is 18.8 Å². The van der Waals surface area contributed by atoms with Gasteiger partial charge < -0.3 is 0 Å². The molecule has 0 radical (unpaired) electrons. The van der Waals surface area contributed by atoms with Gasteiger partial charge in [0, 0.05) is 12.8 Å². The minimum absolute atomic E-state index is 1.06. The molecule has 0 aromatic carbocycles. The Balaban J connectivity index is 2.25. The van der Waals surface area contributed by atoms with E-state index in [1.807, 2.05) is 5.55 Å². The van der Waals surface area contributed by atoms with E-state index in [4.69, 9.17) is 0 Å². The van der Waals surface area contributed by atoms with Gasteiger partial charge in [0.05, 0.1) is 5.55 Å². The molecule has 2 heteroatoms. The molecule has 0 saturated carbocycles. The van der Waals surface area contributed by atoms with E-state index >= 15 is 0 Å². The zero-order valence-electron chi connectivity index (χ0n) is 6.79. The maximum atomic E-state index is 3.91. The van der Waals surface area contributed by atoms with E-state index in [0.29, 0.717) is 0 Å². The first-order valence-corrected chi connectivity index (χ1v) is 4.86. The van der Waals surface area contributed by atoms with Gasteiger partial charge in [-0.3, -0.25) is 4.99 Å². The van der Waals surface area contributed by atoms with Gasteiger partial charge in [0.2, 0.25) is 0 Å². The predicted molar refractivity (Wildman–Crippen MR) is 53.3 cm³/mol. The van der Waals surface area contributed by atoms with Gasteiger partial charge in [-0.1, -0.05) is 18.2 Å². The molecule has 0 aromatic rings. The van der Waals surface area contributed by atoms with Crippen LogP contribution in [0.1, 0.15) is 12.8 Å². The second-order valence-corrected chi connectivity index (χ2v) is 3.27. The Labute approximate surface area is 72.3 Å². The lowest BCUT2D eigenvalue weighted by Crippen LogP contribution is -1.87. The quantitative estimate of drug-likeness (QED) is 0.465. The van der Waals surface area contributed by atoms with Crippen molar-refractivity contribution in [2.24, 2.45) is 4.99 Å². The summed E-state index contributed by atoms with van der Waals surface area (Å²) in [5.41, 5.74) is 3.32. The van der Waals surface area contributed by atoms with Crippen LogP contribution in [0.25, 0.3) is 0 Å². The summed E-state index contributed by atoms with van der Waals surface area (Å²) in [6, 6.07) is 0. The summed E-state index contributed by atoms with van der Waals surface area (Å²) < 4.78 is 0. The minimum Gasteiger partial charge on any atom is -0.290 e. The predicted octanol–water partition coefficient (Wildman–Crippen LogP) is 2.65. The van der Waals surface area contributed by atoms with Crippen molar-refractivity contribution in [3.63, 3.8) is 0 Å². The summed E-state index contributed by atoms with van der Waals surface area (Å²) in [6.07, 6.45) is 9.15. The van der Waals surface area contributed by atoms with Crippen LogP contribution >= 0.6 is 11.8 Å². The monoisotopic (exact) mass is 167 g/mol. The molecule has 0 saturated heterocycles. The zero-order chi connectivity index (χ0) is 7.94. The van der Waals surface area contributed by atoms with Crippen LogP contribution in [-0.2, 0) is 0 Å². The van der Waals surface area contributed by atoms with Crippen molar-refractivity contribution < 1.29 is 0 Å². The first kappa shape index (κ1) is 8.60. The fourth-order valence-electron chi connectivity index (χ4n) is 0.983. The topological polar surface area (TPSA) is 12.4 Å². The van der Waals surface area contributed by atoms with Gasteiger partial charge in [0.25, 0.3) is 0 Å². The van der Waals surface area contributed by atoms with Crippen molar-refractivity contribution in [3.8, 4) is 0 Å². The van der Waals surface area contributed by atoms with E-state index in [-0.39, 0.29) is 0 Å². The van der Waals surface area contributed by atoms with Gasteiger partial charge in [0.15, 0.2) is 0 Å². The number of aliphatic imine (C=N–C) groups is 1. The third kappa shape index (κ3) is 3.42. The molecule has 0 atom stereocenters. The molecule has 60 valence electrons. The summed E-state index contributed by atoms with van der Waals surface area (Å²) >= 11 is 1.75. The fraction of sp³-hybridized carbons (Fsp3) is 0.444. The Morgan fingerprint density at radius 3 is 3.18 bits per heavy atom. The normalized spacial score (nSPS) is 17.4. The molecular formula is C9H13NS. The molecule has 1 aliphatic rings. The maximum absolute atomic E-state index is 3.91.